The molecule has 1 saturated heterocycles. The van der Waals surface area contributed by atoms with Crippen molar-refractivity contribution in [3.8, 4) is 0 Å². The van der Waals surface area contributed by atoms with Gasteiger partial charge in [-0.15, -0.1) is 0 Å². The Morgan fingerprint density at radius 3 is 3.20 bits per heavy atom. The number of rotatable bonds is 6. The number of nitrogens with two attached hydrogens (primary N) is 1. The first-order chi connectivity index (χ1) is 9.74. The molecule has 2 rings (SSSR count). The summed E-state index contributed by atoms with van der Waals surface area (Å²) in [5.74, 6) is 0.444. The Kier molecular flexibility index (Phi) is 5.83. The van der Waals surface area contributed by atoms with Gasteiger partial charge in [0.15, 0.2) is 5.96 Å². The van der Waals surface area contributed by atoms with Gasteiger partial charge in [0, 0.05) is 25.4 Å². The summed E-state index contributed by atoms with van der Waals surface area (Å²) in [6.07, 6.45) is 2.13. The van der Waals surface area contributed by atoms with Crippen molar-refractivity contribution in [2.75, 3.05) is 31.7 Å². The van der Waals surface area contributed by atoms with E-state index in [-0.39, 0.29) is 6.10 Å². The highest BCUT2D eigenvalue weighted by Gasteiger charge is 2.15. The van der Waals surface area contributed by atoms with Crippen LogP contribution >= 0.6 is 0 Å². The Bertz CT molecular complexity index is 442. The fourth-order valence-corrected chi connectivity index (χ4v) is 2.07. The zero-order valence-corrected chi connectivity index (χ0v) is 12.0. The molecule has 0 aromatic heterocycles. The highest BCUT2D eigenvalue weighted by Crippen LogP contribution is 2.09. The number of nitrogens with one attached hydrogen (secondary N) is 1. The third kappa shape index (κ3) is 5.19. The number of ether oxygens (including phenoxy) is 2. The van der Waals surface area contributed by atoms with Crippen LogP contribution in [0, 0.1) is 6.92 Å². The van der Waals surface area contributed by atoms with Crippen LogP contribution in [0.25, 0.3) is 0 Å². The summed E-state index contributed by atoms with van der Waals surface area (Å²) in [4.78, 5) is 4.29. The molecule has 1 heterocycles. The van der Waals surface area contributed by atoms with E-state index in [1.54, 1.807) is 0 Å². The van der Waals surface area contributed by atoms with Crippen molar-refractivity contribution in [3.05, 3.63) is 29.8 Å². The standard InChI is InChI=1S/C15H23N3O2/c1-12-4-2-5-13(10-12)18-15(16)17-7-3-8-20-14-6-9-19-11-14/h2,4-5,10,14H,3,6-9,11H2,1H3,(H3,16,17,18). The van der Waals surface area contributed by atoms with Crippen LogP contribution in [-0.2, 0) is 9.47 Å². The van der Waals surface area contributed by atoms with Crippen LogP contribution in [0.3, 0.4) is 0 Å². The third-order valence-electron chi connectivity index (χ3n) is 3.12. The van der Waals surface area contributed by atoms with Crippen LogP contribution in [0.4, 0.5) is 5.69 Å². The number of aliphatic imine (C=N–C) groups is 1. The third-order valence-corrected chi connectivity index (χ3v) is 3.12. The van der Waals surface area contributed by atoms with Gasteiger partial charge in [-0.25, -0.2) is 0 Å². The lowest BCUT2D eigenvalue weighted by molar-refractivity contribution is 0.0424. The maximum absolute atomic E-state index is 5.84. The van der Waals surface area contributed by atoms with E-state index >= 15 is 0 Å². The van der Waals surface area contributed by atoms with Crippen molar-refractivity contribution in [2.45, 2.75) is 25.9 Å². The van der Waals surface area contributed by atoms with E-state index < -0.39 is 0 Å². The van der Waals surface area contributed by atoms with Gasteiger partial charge in [-0.1, -0.05) is 12.1 Å². The molecule has 5 nitrogen and oxygen atoms in total. The summed E-state index contributed by atoms with van der Waals surface area (Å²) in [6, 6.07) is 8.04. The second-order valence-corrected chi connectivity index (χ2v) is 4.97. The summed E-state index contributed by atoms with van der Waals surface area (Å²) < 4.78 is 10.9. The summed E-state index contributed by atoms with van der Waals surface area (Å²) in [5, 5.41) is 3.08. The van der Waals surface area contributed by atoms with E-state index in [4.69, 9.17) is 15.2 Å². The number of hydrogen-bond acceptors (Lipinski definition) is 3. The zero-order valence-electron chi connectivity index (χ0n) is 12.0. The number of benzene rings is 1. The smallest absolute Gasteiger partial charge is 0.193 e. The van der Waals surface area contributed by atoms with E-state index in [1.807, 2.05) is 31.2 Å². The lowest BCUT2D eigenvalue weighted by Gasteiger charge is -2.09. The molecule has 0 radical (unpaired) electrons. The summed E-state index contributed by atoms with van der Waals surface area (Å²) >= 11 is 0. The average Bonchev–Trinajstić information content (AvgIpc) is 2.91. The number of hydrogen-bond donors (Lipinski definition) is 2. The van der Waals surface area contributed by atoms with Crippen molar-refractivity contribution in [1.82, 2.24) is 0 Å². The molecule has 0 amide bonds. The molecule has 1 atom stereocenters. The monoisotopic (exact) mass is 277 g/mol. The molecule has 110 valence electrons. The van der Waals surface area contributed by atoms with Gasteiger partial charge in [0.1, 0.15) is 0 Å². The molecule has 1 aliphatic heterocycles. The molecule has 3 N–H and O–H groups in total. The lowest BCUT2D eigenvalue weighted by Crippen LogP contribution is -2.23. The first-order valence-corrected chi connectivity index (χ1v) is 7.07. The highest BCUT2D eigenvalue weighted by molar-refractivity contribution is 5.92. The number of aryl methyl sites for hydroxylation is 1. The molecule has 1 aliphatic rings. The molecule has 0 aliphatic carbocycles. The normalized spacial score (nSPS) is 19.2. The Morgan fingerprint density at radius 1 is 1.55 bits per heavy atom. The van der Waals surface area contributed by atoms with Crippen molar-refractivity contribution in [3.63, 3.8) is 0 Å². The van der Waals surface area contributed by atoms with E-state index in [0.717, 1.165) is 31.7 Å². The molecule has 0 saturated carbocycles. The summed E-state index contributed by atoms with van der Waals surface area (Å²) in [7, 11) is 0. The second-order valence-electron chi connectivity index (χ2n) is 4.97. The first-order valence-electron chi connectivity index (χ1n) is 7.07. The van der Waals surface area contributed by atoms with Gasteiger partial charge in [-0.05, 0) is 37.5 Å². The van der Waals surface area contributed by atoms with Gasteiger partial charge in [-0.2, -0.15) is 0 Å². The second kappa shape index (κ2) is 7.87. The van der Waals surface area contributed by atoms with Crippen LogP contribution in [0.5, 0.6) is 0 Å². The van der Waals surface area contributed by atoms with Crippen molar-refractivity contribution in [2.24, 2.45) is 10.7 Å². The first kappa shape index (κ1) is 14.8. The molecule has 0 spiro atoms. The molecule has 1 aromatic rings. The molecule has 0 bridgehead atoms. The minimum Gasteiger partial charge on any atom is -0.379 e. The zero-order chi connectivity index (χ0) is 14.2. The molecule has 20 heavy (non-hydrogen) atoms. The van der Waals surface area contributed by atoms with Gasteiger partial charge < -0.3 is 20.5 Å². The van der Waals surface area contributed by atoms with E-state index in [1.165, 1.54) is 5.56 Å². The highest BCUT2D eigenvalue weighted by atomic mass is 16.5. The molecule has 1 aromatic carbocycles. The van der Waals surface area contributed by atoms with Crippen LogP contribution in [0.15, 0.2) is 29.3 Å². The van der Waals surface area contributed by atoms with Crippen molar-refractivity contribution in [1.29, 1.82) is 0 Å². The van der Waals surface area contributed by atoms with E-state index in [9.17, 15) is 0 Å². The SMILES string of the molecule is Cc1cccc(NC(N)=NCCCOC2CCOC2)c1. The number of anilines is 1. The molecule has 5 heteroatoms. The molecular formula is C15H23N3O2. The van der Waals surface area contributed by atoms with E-state index in [0.29, 0.717) is 19.1 Å². The molecule has 1 unspecified atom stereocenters. The fourth-order valence-electron chi connectivity index (χ4n) is 2.07. The average molecular weight is 277 g/mol. The number of nitrogens with zero attached hydrogens (tertiary/aromatic N) is 1. The minimum atomic E-state index is 0.266. The Labute approximate surface area is 120 Å². The van der Waals surface area contributed by atoms with Gasteiger partial charge >= 0.3 is 0 Å². The summed E-state index contributed by atoms with van der Waals surface area (Å²) in [6.45, 7) is 4.95. The quantitative estimate of drug-likeness (QED) is 0.473. The van der Waals surface area contributed by atoms with Gasteiger partial charge in [0.2, 0.25) is 0 Å². The summed E-state index contributed by atoms with van der Waals surface area (Å²) in [5.41, 5.74) is 7.99. The predicted octanol–water partition coefficient (Wildman–Crippen LogP) is 1.92. The molecule has 1 fully saturated rings. The predicted molar refractivity (Wildman–Crippen MR) is 81.1 cm³/mol. The van der Waals surface area contributed by atoms with Gasteiger partial charge in [-0.3, -0.25) is 4.99 Å². The Balaban J connectivity index is 1.63. The van der Waals surface area contributed by atoms with Crippen LogP contribution in [-0.4, -0.2) is 38.4 Å². The van der Waals surface area contributed by atoms with Crippen molar-refractivity contribution >= 4 is 11.6 Å². The fraction of sp³-hybridized carbons (Fsp3) is 0.533. The van der Waals surface area contributed by atoms with Gasteiger partial charge in [0.05, 0.1) is 12.7 Å². The van der Waals surface area contributed by atoms with Crippen LogP contribution < -0.4 is 11.1 Å². The maximum atomic E-state index is 5.84. The van der Waals surface area contributed by atoms with Crippen LogP contribution in [0.1, 0.15) is 18.4 Å². The Hall–Kier alpha value is -1.59. The largest absolute Gasteiger partial charge is 0.379 e. The molecular weight excluding hydrogens is 254 g/mol. The maximum Gasteiger partial charge on any atom is 0.193 e. The Morgan fingerprint density at radius 2 is 2.45 bits per heavy atom. The topological polar surface area (TPSA) is 68.9 Å². The van der Waals surface area contributed by atoms with Crippen molar-refractivity contribution < 1.29 is 9.47 Å². The minimum absolute atomic E-state index is 0.266. The lowest BCUT2D eigenvalue weighted by atomic mass is 10.2. The number of guanidine groups is 1. The van der Waals surface area contributed by atoms with Gasteiger partial charge in [0.25, 0.3) is 0 Å². The van der Waals surface area contributed by atoms with Crippen LogP contribution in [0.2, 0.25) is 0 Å². The van der Waals surface area contributed by atoms with E-state index in [2.05, 4.69) is 10.3 Å².